The van der Waals surface area contributed by atoms with Crippen molar-refractivity contribution in [2.75, 3.05) is 0 Å². The topological polar surface area (TPSA) is 50.2 Å². The number of benzene rings is 1. The van der Waals surface area contributed by atoms with Gasteiger partial charge in [-0.25, -0.2) is 0 Å². The average molecular weight is 243 g/mol. The van der Waals surface area contributed by atoms with E-state index in [1.165, 1.54) is 0 Å². The van der Waals surface area contributed by atoms with Crippen LogP contribution in [0.3, 0.4) is 0 Å². The summed E-state index contributed by atoms with van der Waals surface area (Å²) in [6, 6.07) is 15.1. The number of rotatable bonds is 2. The number of carbonyl (C=O) groups is 1. The first kappa shape index (κ1) is 13.9. The number of aliphatic carboxylic acids is 1. The van der Waals surface area contributed by atoms with E-state index in [9.17, 15) is 4.79 Å². The van der Waals surface area contributed by atoms with Gasteiger partial charge >= 0.3 is 5.97 Å². The zero-order valence-corrected chi connectivity index (χ0v) is 10.6. The van der Waals surface area contributed by atoms with Crippen LogP contribution in [0.25, 0.3) is 0 Å². The van der Waals surface area contributed by atoms with Crippen molar-refractivity contribution in [3.8, 4) is 0 Å². The van der Waals surface area contributed by atoms with Gasteiger partial charge in [0.05, 0.1) is 5.92 Å². The first-order valence-corrected chi connectivity index (χ1v) is 5.76. The molecule has 0 bridgehead atoms. The number of hydrogen-bond acceptors (Lipinski definition) is 2. The van der Waals surface area contributed by atoms with E-state index in [1.807, 2.05) is 55.5 Å². The predicted octanol–water partition coefficient (Wildman–Crippen LogP) is 3.26. The van der Waals surface area contributed by atoms with E-state index in [1.54, 1.807) is 13.1 Å². The van der Waals surface area contributed by atoms with Crippen LogP contribution in [0.1, 0.15) is 24.1 Å². The van der Waals surface area contributed by atoms with Gasteiger partial charge in [-0.15, -0.1) is 0 Å². The molecular weight excluding hydrogens is 226 g/mol. The SMILES string of the molecule is CC(C(=O)O)c1ccccc1.Cc1ccccn1. The Kier molecular flexibility index (Phi) is 5.58. The van der Waals surface area contributed by atoms with Gasteiger partial charge in [0.25, 0.3) is 0 Å². The fourth-order valence-electron chi connectivity index (χ4n) is 1.33. The molecule has 0 amide bonds. The highest BCUT2D eigenvalue weighted by Crippen LogP contribution is 2.13. The average Bonchev–Trinajstić information content (AvgIpc) is 2.40. The van der Waals surface area contributed by atoms with Crippen LogP contribution in [-0.4, -0.2) is 16.1 Å². The van der Waals surface area contributed by atoms with Crippen LogP contribution in [0.15, 0.2) is 54.7 Å². The van der Waals surface area contributed by atoms with Gasteiger partial charge in [-0.3, -0.25) is 9.78 Å². The molecule has 2 aromatic rings. The lowest BCUT2D eigenvalue weighted by atomic mass is 10.0. The van der Waals surface area contributed by atoms with E-state index in [4.69, 9.17) is 5.11 Å². The van der Waals surface area contributed by atoms with E-state index < -0.39 is 11.9 Å². The summed E-state index contributed by atoms with van der Waals surface area (Å²) in [5, 5.41) is 8.64. The third-order valence-electron chi connectivity index (χ3n) is 2.48. The molecule has 0 saturated carbocycles. The van der Waals surface area contributed by atoms with Crippen molar-refractivity contribution in [2.24, 2.45) is 0 Å². The second-order valence-electron chi connectivity index (χ2n) is 3.94. The lowest BCUT2D eigenvalue weighted by Gasteiger charge is -2.04. The van der Waals surface area contributed by atoms with Crippen LogP contribution in [0.2, 0.25) is 0 Å². The fraction of sp³-hybridized carbons (Fsp3) is 0.200. The number of carboxylic acid groups (broad SMARTS) is 1. The van der Waals surface area contributed by atoms with Crippen molar-refractivity contribution in [1.82, 2.24) is 4.98 Å². The van der Waals surface area contributed by atoms with E-state index in [2.05, 4.69) is 4.98 Å². The third-order valence-corrected chi connectivity index (χ3v) is 2.48. The number of hydrogen-bond donors (Lipinski definition) is 1. The molecule has 1 heterocycles. The van der Waals surface area contributed by atoms with Crippen LogP contribution in [0.4, 0.5) is 0 Å². The number of aromatic nitrogens is 1. The molecule has 0 saturated heterocycles. The summed E-state index contributed by atoms with van der Waals surface area (Å²) < 4.78 is 0. The van der Waals surface area contributed by atoms with Crippen molar-refractivity contribution >= 4 is 5.97 Å². The number of carboxylic acids is 1. The summed E-state index contributed by atoms with van der Waals surface area (Å²) in [6.07, 6.45) is 1.79. The number of nitrogens with zero attached hydrogens (tertiary/aromatic N) is 1. The maximum Gasteiger partial charge on any atom is 0.310 e. The smallest absolute Gasteiger partial charge is 0.310 e. The van der Waals surface area contributed by atoms with Gasteiger partial charge in [-0.2, -0.15) is 0 Å². The lowest BCUT2D eigenvalue weighted by Crippen LogP contribution is -2.06. The second kappa shape index (κ2) is 7.22. The summed E-state index contributed by atoms with van der Waals surface area (Å²) in [5.74, 6) is -1.19. The molecule has 0 spiro atoms. The standard InChI is InChI=1S/C9H10O2.C6H7N/c1-7(9(10)11)8-5-3-2-4-6-8;1-6-4-2-3-5-7-6/h2-7H,1H3,(H,10,11);2-5H,1H3. The van der Waals surface area contributed by atoms with Gasteiger partial charge in [-0.05, 0) is 31.5 Å². The molecule has 1 unspecified atom stereocenters. The van der Waals surface area contributed by atoms with Crippen molar-refractivity contribution in [3.63, 3.8) is 0 Å². The van der Waals surface area contributed by atoms with Crippen LogP contribution >= 0.6 is 0 Å². The summed E-state index contributed by atoms with van der Waals surface area (Å²) >= 11 is 0. The zero-order valence-electron chi connectivity index (χ0n) is 10.6. The molecule has 0 aliphatic heterocycles. The highest BCUT2D eigenvalue weighted by molar-refractivity contribution is 5.75. The highest BCUT2D eigenvalue weighted by Gasteiger charge is 2.11. The molecule has 2 rings (SSSR count). The number of aryl methyl sites for hydroxylation is 1. The summed E-state index contributed by atoms with van der Waals surface area (Å²) in [4.78, 5) is 14.5. The highest BCUT2D eigenvalue weighted by atomic mass is 16.4. The molecule has 1 N–H and O–H groups in total. The normalized spacial score (nSPS) is 11.0. The minimum absolute atomic E-state index is 0.406. The quantitative estimate of drug-likeness (QED) is 0.880. The zero-order chi connectivity index (χ0) is 13.4. The van der Waals surface area contributed by atoms with Gasteiger partial charge in [0, 0.05) is 11.9 Å². The Morgan fingerprint density at radius 3 is 2.11 bits per heavy atom. The lowest BCUT2D eigenvalue weighted by molar-refractivity contribution is -0.138. The van der Waals surface area contributed by atoms with Gasteiger partial charge < -0.3 is 5.11 Å². The molecule has 3 nitrogen and oxygen atoms in total. The van der Waals surface area contributed by atoms with Crippen molar-refractivity contribution in [2.45, 2.75) is 19.8 Å². The van der Waals surface area contributed by atoms with Crippen LogP contribution in [0.5, 0.6) is 0 Å². The minimum Gasteiger partial charge on any atom is -0.481 e. The molecule has 0 aliphatic carbocycles. The van der Waals surface area contributed by atoms with E-state index >= 15 is 0 Å². The van der Waals surface area contributed by atoms with Gasteiger partial charge in [0.2, 0.25) is 0 Å². The molecule has 0 aliphatic rings. The van der Waals surface area contributed by atoms with E-state index in [-0.39, 0.29) is 0 Å². The molecular formula is C15H17NO2. The molecule has 1 atom stereocenters. The molecule has 0 radical (unpaired) electrons. The summed E-state index contributed by atoms with van der Waals surface area (Å²) in [7, 11) is 0. The maximum atomic E-state index is 10.5. The minimum atomic E-state index is -0.781. The molecule has 3 heteroatoms. The van der Waals surface area contributed by atoms with Gasteiger partial charge in [-0.1, -0.05) is 36.4 Å². The van der Waals surface area contributed by atoms with Crippen molar-refractivity contribution < 1.29 is 9.90 Å². The van der Waals surface area contributed by atoms with Crippen LogP contribution in [-0.2, 0) is 4.79 Å². The Balaban J connectivity index is 0.000000199. The molecule has 18 heavy (non-hydrogen) atoms. The Bertz CT molecular complexity index is 468. The molecule has 94 valence electrons. The Morgan fingerprint density at radius 2 is 1.72 bits per heavy atom. The van der Waals surface area contributed by atoms with Crippen LogP contribution in [0, 0.1) is 6.92 Å². The van der Waals surface area contributed by atoms with Gasteiger partial charge in [0.15, 0.2) is 0 Å². The molecule has 1 aromatic heterocycles. The Morgan fingerprint density at radius 1 is 1.11 bits per heavy atom. The molecule has 1 aromatic carbocycles. The fourth-order valence-corrected chi connectivity index (χ4v) is 1.33. The number of pyridine rings is 1. The van der Waals surface area contributed by atoms with Crippen molar-refractivity contribution in [3.05, 3.63) is 66.0 Å². The van der Waals surface area contributed by atoms with Gasteiger partial charge in [0.1, 0.15) is 0 Å². The maximum absolute atomic E-state index is 10.5. The second-order valence-corrected chi connectivity index (χ2v) is 3.94. The first-order chi connectivity index (χ1) is 8.61. The monoisotopic (exact) mass is 243 g/mol. The largest absolute Gasteiger partial charge is 0.481 e. The molecule has 0 fully saturated rings. The van der Waals surface area contributed by atoms with Crippen LogP contribution < -0.4 is 0 Å². The summed E-state index contributed by atoms with van der Waals surface area (Å²) in [5.41, 5.74) is 1.92. The Hall–Kier alpha value is -2.16. The predicted molar refractivity (Wildman–Crippen MR) is 71.5 cm³/mol. The first-order valence-electron chi connectivity index (χ1n) is 5.76. The van der Waals surface area contributed by atoms with E-state index in [0.717, 1.165) is 11.3 Å². The Labute approximate surface area is 107 Å². The third kappa shape index (κ3) is 4.78. The summed E-state index contributed by atoms with van der Waals surface area (Å²) in [6.45, 7) is 3.65. The van der Waals surface area contributed by atoms with E-state index in [0.29, 0.717) is 0 Å². The van der Waals surface area contributed by atoms with Crippen molar-refractivity contribution in [1.29, 1.82) is 0 Å².